The fourth-order valence-corrected chi connectivity index (χ4v) is 2.04. The molecule has 5 nitrogen and oxygen atoms in total. The molecule has 0 bridgehead atoms. The molecule has 7 heteroatoms. The minimum absolute atomic E-state index is 0.0557. The highest BCUT2D eigenvalue weighted by atomic mass is 35.5. The normalized spacial score (nSPS) is 10.3. The SMILES string of the molecule is Nc1nc(-c2ccc(Cl)cc2)c([N+](=O)[O-])s1. The highest BCUT2D eigenvalue weighted by molar-refractivity contribution is 7.19. The third-order valence-electron chi connectivity index (χ3n) is 1.91. The molecule has 0 unspecified atom stereocenters. The number of rotatable bonds is 2. The second-order valence-electron chi connectivity index (χ2n) is 2.97. The zero-order valence-electron chi connectivity index (χ0n) is 7.88. The van der Waals surface area contributed by atoms with Gasteiger partial charge in [0.05, 0.1) is 4.92 Å². The number of nitrogens with two attached hydrogens (primary N) is 1. The van der Waals surface area contributed by atoms with Crippen molar-refractivity contribution < 1.29 is 4.92 Å². The molecule has 1 aromatic carbocycles. The molecule has 1 heterocycles. The van der Waals surface area contributed by atoms with E-state index in [2.05, 4.69) is 4.98 Å². The molecule has 0 spiro atoms. The summed E-state index contributed by atoms with van der Waals surface area (Å²) in [5.74, 6) is 0. The van der Waals surface area contributed by atoms with Gasteiger partial charge in [0.2, 0.25) is 0 Å². The van der Waals surface area contributed by atoms with E-state index in [1.54, 1.807) is 24.3 Å². The molecule has 0 amide bonds. The van der Waals surface area contributed by atoms with Crippen LogP contribution < -0.4 is 5.73 Å². The van der Waals surface area contributed by atoms with Gasteiger partial charge < -0.3 is 5.73 Å². The van der Waals surface area contributed by atoms with Gasteiger partial charge in [0.15, 0.2) is 10.8 Å². The van der Waals surface area contributed by atoms with Crippen LogP contribution in [-0.4, -0.2) is 9.91 Å². The van der Waals surface area contributed by atoms with E-state index in [-0.39, 0.29) is 15.8 Å². The van der Waals surface area contributed by atoms with Gasteiger partial charge in [-0.2, -0.15) is 0 Å². The maximum Gasteiger partial charge on any atom is 0.353 e. The van der Waals surface area contributed by atoms with Crippen LogP contribution in [0.1, 0.15) is 0 Å². The maximum atomic E-state index is 10.8. The van der Waals surface area contributed by atoms with Gasteiger partial charge in [-0.05, 0) is 23.5 Å². The molecular weight excluding hydrogens is 250 g/mol. The largest absolute Gasteiger partial charge is 0.375 e. The first-order valence-electron chi connectivity index (χ1n) is 4.24. The molecule has 82 valence electrons. The zero-order chi connectivity index (χ0) is 11.7. The molecule has 0 atom stereocenters. The highest BCUT2D eigenvalue weighted by Crippen LogP contribution is 2.36. The Bertz CT molecular complexity index is 538. The quantitative estimate of drug-likeness (QED) is 0.661. The van der Waals surface area contributed by atoms with Crippen molar-refractivity contribution in [2.45, 2.75) is 0 Å². The van der Waals surface area contributed by atoms with Crippen LogP contribution in [0.4, 0.5) is 10.1 Å². The molecule has 0 radical (unpaired) electrons. The Hall–Kier alpha value is -1.66. The molecule has 1 aromatic heterocycles. The van der Waals surface area contributed by atoms with E-state index in [1.807, 2.05) is 0 Å². The van der Waals surface area contributed by atoms with Crippen LogP contribution in [-0.2, 0) is 0 Å². The zero-order valence-corrected chi connectivity index (χ0v) is 9.46. The maximum absolute atomic E-state index is 10.8. The number of hydrogen-bond acceptors (Lipinski definition) is 5. The molecule has 2 N–H and O–H groups in total. The van der Waals surface area contributed by atoms with Crippen LogP contribution in [0.25, 0.3) is 11.3 Å². The van der Waals surface area contributed by atoms with Gasteiger partial charge >= 0.3 is 5.00 Å². The predicted molar refractivity (Wildman–Crippen MR) is 63.6 cm³/mol. The number of nitrogen functional groups attached to an aromatic ring is 1. The molecule has 0 aliphatic carbocycles. The molecule has 0 fully saturated rings. The van der Waals surface area contributed by atoms with Crippen molar-refractivity contribution in [1.82, 2.24) is 4.98 Å². The Balaban J connectivity index is 2.55. The average molecular weight is 256 g/mol. The van der Waals surface area contributed by atoms with Crippen molar-refractivity contribution >= 4 is 33.1 Å². The van der Waals surface area contributed by atoms with Gasteiger partial charge in [-0.1, -0.05) is 23.7 Å². The first kappa shape index (κ1) is 10.8. The average Bonchev–Trinajstić information content (AvgIpc) is 2.61. The summed E-state index contributed by atoms with van der Waals surface area (Å²) in [6, 6.07) is 6.64. The molecule has 2 aromatic rings. The Kier molecular flexibility index (Phi) is 2.76. The Morgan fingerprint density at radius 1 is 1.38 bits per heavy atom. The van der Waals surface area contributed by atoms with Crippen molar-refractivity contribution in [3.63, 3.8) is 0 Å². The van der Waals surface area contributed by atoms with Gasteiger partial charge in [-0.25, -0.2) is 4.98 Å². The second-order valence-corrected chi connectivity index (χ2v) is 4.42. The van der Waals surface area contributed by atoms with Gasteiger partial charge in [0.1, 0.15) is 0 Å². The number of anilines is 1. The number of nitrogens with zero attached hydrogens (tertiary/aromatic N) is 2. The van der Waals surface area contributed by atoms with Crippen molar-refractivity contribution in [3.05, 3.63) is 39.4 Å². The van der Waals surface area contributed by atoms with Crippen LogP contribution in [0.3, 0.4) is 0 Å². The summed E-state index contributed by atoms with van der Waals surface area (Å²) in [6.07, 6.45) is 0. The Labute approximate surface area is 99.6 Å². The summed E-state index contributed by atoms with van der Waals surface area (Å²) in [5, 5.41) is 11.5. The third kappa shape index (κ3) is 1.98. The van der Waals surface area contributed by atoms with E-state index >= 15 is 0 Å². The van der Waals surface area contributed by atoms with Crippen LogP contribution in [0.2, 0.25) is 5.02 Å². The highest BCUT2D eigenvalue weighted by Gasteiger charge is 2.21. The van der Waals surface area contributed by atoms with E-state index in [0.717, 1.165) is 11.3 Å². The van der Waals surface area contributed by atoms with Crippen molar-refractivity contribution in [1.29, 1.82) is 0 Å². The monoisotopic (exact) mass is 255 g/mol. The van der Waals surface area contributed by atoms with Crippen LogP contribution >= 0.6 is 22.9 Å². The van der Waals surface area contributed by atoms with Gasteiger partial charge in [0.25, 0.3) is 0 Å². The minimum atomic E-state index is -0.488. The lowest BCUT2D eigenvalue weighted by molar-refractivity contribution is -0.379. The Morgan fingerprint density at radius 2 is 2.00 bits per heavy atom. The van der Waals surface area contributed by atoms with Crippen molar-refractivity contribution in [2.24, 2.45) is 0 Å². The number of thiazole rings is 1. The number of nitro groups is 1. The van der Waals surface area contributed by atoms with Gasteiger partial charge in [0, 0.05) is 10.6 Å². The van der Waals surface area contributed by atoms with Gasteiger partial charge in [-0.3, -0.25) is 10.1 Å². The van der Waals surface area contributed by atoms with Crippen LogP contribution in [0, 0.1) is 10.1 Å². The number of benzene rings is 1. The smallest absolute Gasteiger partial charge is 0.353 e. The molecule has 16 heavy (non-hydrogen) atoms. The summed E-state index contributed by atoms with van der Waals surface area (Å²) in [7, 11) is 0. The van der Waals surface area contributed by atoms with E-state index in [9.17, 15) is 10.1 Å². The molecule has 0 aliphatic heterocycles. The predicted octanol–water partition coefficient (Wildman–Crippen LogP) is 2.95. The topological polar surface area (TPSA) is 82.0 Å². The summed E-state index contributed by atoms with van der Waals surface area (Å²) < 4.78 is 0. The number of hydrogen-bond donors (Lipinski definition) is 1. The van der Waals surface area contributed by atoms with Gasteiger partial charge in [-0.15, -0.1) is 0 Å². The number of aromatic nitrogens is 1. The first-order chi connectivity index (χ1) is 7.58. The second kappa shape index (κ2) is 4.07. The summed E-state index contributed by atoms with van der Waals surface area (Å²) in [4.78, 5) is 14.2. The fraction of sp³-hybridized carbons (Fsp3) is 0. The molecule has 0 aliphatic rings. The standard InChI is InChI=1S/C9H6ClN3O2S/c10-6-3-1-5(2-4-6)7-8(13(14)15)16-9(11)12-7/h1-4H,(H2,11,12). The number of halogens is 1. The summed E-state index contributed by atoms with van der Waals surface area (Å²) in [6.45, 7) is 0. The van der Waals surface area contributed by atoms with E-state index in [0.29, 0.717) is 10.6 Å². The fourth-order valence-electron chi connectivity index (χ4n) is 1.25. The van der Waals surface area contributed by atoms with E-state index in [4.69, 9.17) is 17.3 Å². The van der Waals surface area contributed by atoms with Crippen molar-refractivity contribution in [2.75, 3.05) is 5.73 Å². The van der Waals surface area contributed by atoms with Crippen molar-refractivity contribution in [3.8, 4) is 11.3 Å². The summed E-state index contributed by atoms with van der Waals surface area (Å²) in [5.41, 5.74) is 6.37. The lowest BCUT2D eigenvalue weighted by Gasteiger charge is -1.96. The van der Waals surface area contributed by atoms with Crippen LogP contribution in [0.15, 0.2) is 24.3 Å². The van der Waals surface area contributed by atoms with E-state index < -0.39 is 4.92 Å². The minimum Gasteiger partial charge on any atom is -0.375 e. The first-order valence-corrected chi connectivity index (χ1v) is 5.44. The lowest BCUT2D eigenvalue weighted by atomic mass is 10.2. The molecular formula is C9H6ClN3O2S. The lowest BCUT2D eigenvalue weighted by Crippen LogP contribution is -1.88. The molecule has 2 rings (SSSR count). The van der Waals surface area contributed by atoms with Crippen LogP contribution in [0.5, 0.6) is 0 Å². The van der Waals surface area contributed by atoms with E-state index in [1.165, 1.54) is 0 Å². The molecule has 0 saturated heterocycles. The summed E-state index contributed by atoms with van der Waals surface area (Å²) >= 11 is 6.59. The molecule has 0 saturated carbocycles. The third-order valence-corrected chi connectivity index (χ3v) is 3.00. The Morgan fingerprint density at radius 3 is 2.56 bits per heavy atom.